The largest absolute Gasteiger partial charge is 0.478 e. The molecule has 0 atom stereocenters. The molecule has 7 nitrogen and oxygen atoms in total. The van der Waals surface area contributed by atoms with E-state index in [-0.39, 0.29) is 33.8 Å². The molecule has 8 heteroatoms. The summed E-state index contributed by atoms with van der Waals surface area (Å²) in [4.78, 5) is 22.3. The number of halogens is 1. The summed E-state index contributed by atoms with van der Waals surface area (Å²) < 4.78 is 5.37. The van der Waals surface area contributed by atoms with Crippen molar-refractivity contribution in [2.75, 3.05) is 7.05 Å². The molecule has 0 aliphatic carbocycles. The summed E-state index contributed by atoms with van der Waals surface area (Å²) in [6.45, 7) is 0. The van der Waals surface area contributed by atoms with Crippen molar-refractivity contribution < 1.29 is 19.4 Å². The van der Waals surface area contributed by atoms with Gasteiger partial charge in [0.25, 0.3) is 5.91 Å². The minimum absolute atomic E-state index is 0.0795. The van der Waals surface area contributed by atoms with Gasteiger partial charge in [-0.05, 0) is 24.3 Å². The van der Waals surface area contributed by atoms with Crippen molar-refractivity contribution in [3.8, 4) is 11.6 Å². The van der Waals surface area contributed by atoms with Crippen LogP contribution >= 0.6 is 11.6 Å². The number of rotatable bonds is 4. The molecule has 0 unspecified atom stereocenters. The van der Waals surface area contributed by atoms with Crippen LogP contribution in [-0.2, 0) is 0 Å². The van der Waals surface area contributed by atoms with Gasteiger partial charge >= 0.3 is 5.97 Å². The molecule has 2 N–H and O–H groups in total. The molecular weight excluding hydrogens is 298 g/mol. The summed E-state index contributed by atoms with van der Waals surface area (Å²) in [6.07, 6.45) is 0. The average Bonchev–Trinajstić information content (AvgIpc) is 2.49. The third kappa shape index (κ3) is 3.46. The minimum atomic E-state index is -1.16. The molecule has 21 heavy (non-hydrogen) atoms. The van der Waals surface area contributed by atoms with Crippen LogP contribution in [0.1, 0.15) is 20.8 Å². The number of ether oxygens (including phenoxy) is 1. The van der Waals surface area contributed by atoms with Gasteiger partial charge < -0.3 is 15.2 Å². The number of nitrogens with one attached hydrogen (secondary N) is 1. The van der Waals surface area contributed by atoms with E-state index in [1.807, 2.05) is 0 Å². The van der Waals surface area contributed by atoms with Gasteiger partial charge in [0.15, 0.2) is 5.69 Å². The molecule has 1 aromatic carbocycles. The molecule has 0 bridgehead atoms. The molecule has 1 heterocycles. The van der Waals surface area contributed by atoms with Crippen LogP contribution in [0, 0.1) is 0 Å². The number of aromatic carboxylic acids is 1. The van der Waals surface area contributed by atoms with E-state index in [2.05, 4.69) is 15.5 Å². The molecule has 1 amide bonds. The van der Waals surface area contributed by atoms with Crippen LogP contribution in [-0.4, -0.2) is 34.2 Å². The van der Waals surface area contributed by atoms with Crippen molar-refractivity contribution in [2.45, 2.75) is 0 Å². The van der Waals surface area contributed by atoms with E-state index in [1.165, 1.54) is 37.4 Å². The Morgan fingerprint density at radius 1 is 1.24 bits per heavy atom. The Kier molecular flexibility index (Phi) is 4.34. The average molecular weight is 308 g/mol. The Morgan fingerprint density at radius 2 is 2.00 bits per heavy atom. The van der Waals surface area contributed by atoms with Gasteiger partial charge in [-0.3, -0.25) is 4.79 Å². The third-order valence-electron chi connectivity index (χ3n) is 2.49. The minimum Gasteiger partial charge on any atom is -0.478 e. The van der Waals surface area contributed by atoms with Gasteiger partial charge in [-0.1, -0.05) is 11.6 Å². The summed E-state index contributed by atoms with van der Waals surface area (Å²) in [5.41, 5.74) is 0.0660. The number of amides is 1. The van der Waals surface area contributed by atoms with Crippen molar-refractivity contribution in [1.29, 1.82) is 0 Å². The van der Waals surface area contributed by atoms with Crippen molar-refractivity contribution in [3.63, 3.8) is 0 Å². The fourth-order valence-electron chi connectivity index (χ4n) is 1.48. The van der Waals surface area contributed by atoms with Crippen LogP contribution in [0.2, 0.25) is 5.02 Å². The maximum atomic E-state index is 11.3. The highest BCUT2D eigenvalue weighted by Gasteiger charge is 2.11. The molecular formula is C13H10ClN3O4. The lowest BCUT2D eigenvalue weighted by Gasteiger charge is -2.06. The van der Waals surface area contributed by atoms with Crippen LogP contribution in [0.5, 0.6) is 11.6 Å². The summed E-state index contributed by atoms with van der Waals surface area (Å²) in [5.74, 6) is -1.15. The fraction of sp³-hybridized carbons (Fsp3) is 0.0769. The summed E-state index contributed by atoms with van der Waals surface area (Å²) >= 11 is 5.76. The van der Waals surface area contributed by atoms with Gasteiger partial charge in [-0.25, -0.2) is 4.79 Å². The van der Waals surface area contributed by atoms with E-state index in [0.717, 1.165) is 0 Å². The van der Waals surface area contributed by atoms with Crippen LogP contribution in [0.15, 0.2) is 30.3 Å². The van der Waals surface area contributed by atoms with Crippen LogP contribution in [0.25, 0.3) is 0 Å². The van der Waals surface area contributed by atoms with Gasteiger partial charge in [0.1, 0.15) is 5.75 Å². The number of aromatic nitrogens is 2. The SMILES string of the molecule is CNC(=O)c1ccc(Oc2ccc(Cl)c(C(=O)O)c2)nn1. The van der Waals surface area contributed by atoms with Crippen molar-refractivity contribution in [3.05, 3.63) is 46.6 Å². The summed E-state index contributed by atoms with van der Waals surface area (Å²) in [7, 11) is 1.48. The van der Waals surface area contributed by atoms with Crippen LogP contribution in [0.4, 0.5) is 0 Å². The van der Waals surface area contributed by atoms with Crippen LogP contribution in [0.3, 0.4) is 0 Å². The number of carboxylic acid groups (broad SMARTS) is 1. The van der Waals surface area contributed by atoms with E-state index in [1.54, 1.807) is 0 Å². The Morgan fingerprint density at radius 3 is 2.57 bits per heavy atom. The molecule has 1 aromatic heterocycles. The molecule has 0 saturated carbocycles. The zero-order valence-electron chi connectivity index (χ0n) is 10.8. The first-order valence-electron chi connectivity index (χ1n) is 5.78. The molecule has 0 aliphatic rings. The highest BCUT2D eigenvalue weighted by atomic mass is 35.5. The van der Waals surface area contributed by atoms with Gasteiger partial charge in [-0.2, -0.15) is 0 Å². The number of hydrogen-bond donors (Lipinski definition) is 2. The number of hydrogen-bond acceptors (Lipinski definition) is 5. The first-order valence-corrected chi connectivity index (χ1v) is 6.15. The predicted molar refractivity (Wildman–Crippen MR) is 73.9 cm³/mol. The summed E-state index contributed by atoms with van der Waals surface area (Å²) in [6, 6.07) is 7.08. The highest BCUT2D eigenvalue weighted by Crippen LogP contribution is 2.25. The topological polar surface area (TPSA) is 101 Å². The molecule has 0 spiro atoms. The maximum Gasteiger partial charge on any atom is 0.337 e. The Labute approximate surface area is 124 Å². The molecule has 0 aliphatic heterocycles. The van der Waals surface area contributed by atoms with E-state index >= 15 is 0 Å². The second kappa shape index (κ2) is 6.19. The number of carbonyl (C=O) groups is 2. The van der Waals surface area contributed by atoms with E-state index in [4.69, 9.17) is 21.4 Å². The molecule has 108 valence electrons. The Hall–Kier alpha value is -2.67. The molecule has 0 radical (unpaired) electrons. The Balaban J connectivity index is 2.20. The van der Waals surface area contributed by atoms with Crippen molar-refractivity contribution >= 4 is 23.5 Å². The quantitative estimate of drug-likeness (QED) is 0.895. The second-order valence-electron chi connectivity index (χ2n) is 3.88. The summed E-state index contributed by atoms with van der Waals surface area (Å²) in [5, 5.41) is 18.9. The number of nitrogens with zero attached hydrogens (tertiary/aromatic N) is 2. The fourth-order valence-corrected chi connectivity index (χ4v) is 1.67. The smallest absolute Gasteiger partial charge is 0.337 e. The van der Waals surface area contributed by atoms with Crippen molar-refractivity contribution in [1.82, 2.24) is 15.5 Å². The maximum absolute atomic E-state index is 11.3. The molecule has 2 aromatic rings. The predicted octanol–water partition coefficient (Wildman–Crippen LogP) is 1.98. The van der Waals surface area contributed by atoms with E-state index in [9.17, 15) is 9.59 Å². The van der Waals surface area contributed by atoms with Gasteiger partial charge in [0, 0.05) is 13.1 Å². The number of benzene rings is 1. The van der Waals surface area contributed by atoms with Gasteiger partial charge in [0.2, 0.25) is 5.88 Å². The van der Waals surface area contributed by atoms with Crippen molar-refractivity contribution in [2.24, 2.45) is 0 Å². The zero-order chi connectivity index (χ0) is 15.4. The normalized spacial score (nSPS) is 10.0. The molecule has 0 fully saturated rings. The molecule has 0 saturated heterocycles. The highest BCUT2D eigenvalue weighted by molar-refractivity contribution is 6.33. The van der Waals surface area contributed by atoms with Crippen LogP contribution < -0.4 is 10.1 Å². The van der Waals surface area contributed by atoms with E-state index in [0.29, 0.717) is 0 Å². The molecule has 2 rings (SSSR count). The van der Waals surface area contributed by atoms with Gasteiger partial charge in [-0.15, -0.1) is 10.2 Å². The standard InChI is InChI=1S/C13H10ClN3O4/c1-15-12(18)10-4-5-11(17-16-10)21-7-2-3-9(14)8(6-7)13(19)20/h2-6H,1H3,(H,15,18)(H,19,20). The lowest BCUT2D eigenvalue weighted by atomic mass is 10.2. The third-order valence-corrected chi connectivity index (χ3v) is 2.82. The van der Waals surface area contributed by atoms with E-state index < -0.39 is 5.97 Å². The first-order chi connectivity index (χ1) is 10.0. The lowest BCUT2D eigenvalue weighted by molar-refractivity contribution is 0.0696. The number of carbonyl (C=O) groups excluding carboxylic acids is 1. The van der Waals surface area contributed by atoms with Gasteiger partial charge in [0.05, 0.1) is 10.6 Å². The zero-order valence-corrected chi connectivity index (χ0v) is 11.6. The Bertz CT molecular complexity index is 688. The number of carboxylic acids is 1. The lowest BCUT2D eigenvalue weighted by Crippen LogP contribution is -2.19. The first kappa shape index (κ1) is 14.7. The monoisotopic (exact) mass is 307 g/mol. The second-order valence-corrected chi connectivity index (χ2v) is 4.29.